The summed E-state index contributed by atoms with van der Waals surface area (Å²) in [6, 6.07) is 6.08. The molecule has 0 bridgehead atoms. The fraction of sp³-hybridized carbons (Fsp3) is 0.250. The highest BCUT2D eigenvalue weighted by Gasteiger charge is 2.22. The number of benzene rings is 1. The molecule has 1 aromatic carbocycles. The molecule has 2 N–H and O–H groups in total. The van der Waals surface area contributed by atoms with Crippen LogP contribution in [0.4, 0.5) is 0 Å². The number of carboxylic acid groups (broad SMARTS) is 1. The molecule has 0 radical (unpaired) electrons. The summed E-state index contributed by atoms with van der Waals surface area (Å²) in [5.74, 6) is -1.28. The van der Waals surface area contributed by atoms with E-state index in [1.165, 1.54) is 12.3 Å². The maximum absolute atomic E-state index is 12.4. The molecule has 24 heavy (non-hydrogen) atoms. The maximum atomic E-state index is 12.4. The molecule has 8 heteroatoms. The van der Waals surface area contributed by atoms with E-state index in [9.17, 15) is 19.2 Å². The molecule has 8 nitrogen and oxygen atoms in total. The Bertz CT molecular complexity index is 928. The van der Waals surface area contributed by atoms with E-state index in [0.717, 1.165) is 15.7 Å². The van der Waals surface area contributed by atoms with Crippen LogP contribution in [0.3, 0.4) is 0 Å². The lowest BCUT2D eigenvalue weighted by molar-refractivity contribution is -0.132. The molecule has 1 aliphatic heterocycles. The van der Waals surface area contributed by atoms with E-state index >= 15 is 0 Å². The highest BCUT2D eigenvalue weighted by molar-refractivity contribution is 5.88. The largest absolute Gasteiger partial charge is 0.478 e. The Morgan fingerprint density at radius 2 is 1.96 bits per heavy atom. The van der Waals surface area contributed by atoms with Crippen LogP contribution < -0.4 is 11.2 Å². The fourth-order valence-electron chi connectivity index (χ4n) is 2.72. The van der Waals surface area contributed by atoms with Gasteiger partial charge in [0.1, 0.15) is 6.54 Å². The minimum absolute atomic E-state index is 0.177. The van der Waals surface area contributed by atoms with E-state index in [4.69, 9.17) is 5.11 Å². The molecule has 1 aromatic heterocycles. The fourth-order valence-corrected chi connectivity index (χ4v) is 2.72. The number of hydrogen-bond acceptors (Lipinski definition) is 4. The molecule has 2 heterocycles. The zero-order chi connectivity index (χ0) is 17.3. The monoisotopic (exact) mass is 329 g/mol. The van der Waals surface area contributed by atoms with Gasteiger partial charge in [0.15, 0.2) is 0 Å². The van der Waals surface area contributed by atoms with E-state index in [2.05, 4.69) is 4.98 Å². The van der Waals surface area contributed by atoms with Crippen molar-refractivity contribution in [2.24, 2.45) is 0 Å². The van der Waals surface area contributed by atoms with E-state index in [1.807, 2.05) is 0 Å². The normalized spacial score (nSPS) is 13.4. The summed E-state index contributed by atoms with van der Waals surface area (Å²) in [7, 11) is 0. The summed E-state index contributed by atoms with van der Waals surface area (Å²) >= 11 is 0. The van der Waals surface area contributed by atoms with Gasteiger partial charge in [-0.05, 0) is 29.7 Å². The summed E-state index contributed by atoms with van der Waals surface area (Å²) < 4.78 is 1.13. The number of aromatic nitrogens is 2. The first-order valence-electron chi connectivity index (χ1n) is 7.36. The lowest BCUT2D eigenvalue weighted by Gasteiger charge is -2.29. The van der Waals surface area contributed by atoms with Crippen LogP contribution in [0.1, 0.15) is 21.5 Å². The third-order valence-electron chi connectivity index (χ3n) is 4.02. The standard InChI is InChI=1S/C16H15N3O5/c20-13-4-6-19(16(24)17-13)9-14(21)18-5-3-10-1-2-11(15(22)23)7-12(10)8-18/h1-2,4,6-7H,3,5,8-9H2,(H,22,23)(H,17,20,24). The SMILES string of the molecule is O=C(O)c1ccc2c(c1)CN(C(=O)Cn1ccc(=O)[nH]c1=O)CC2. The van der Waals surface area contributed by atoms with E-state index < -0.39 is 17.2 Å². The third-order valence-corrected chi connectivity index (χ3v) is 4.02. The number of carbonyl (C=O) groups excluding carboxylic acids is 1. The van der Waals surface area contributed by atoms with Gasteiger partial charge >= 0.3 is 11.7 Å². The van der Waals surface area contributed by atoms with Crippen molar-refractivity contribution in [2.75, 3.05) is 6.54 Å². The Morgan fingerprint density at radius 3 is 2.67 bits per heavy atom. The lowest BCUT2D eigenvalue weighted by atomic mass is 9.97. The number of nitrogens with zero attached hydrogens (tertiary/aromatic N) is 2. The molecule has 0 spiro atoms. The van der Waals surface area contributed by atoms with Gasteiger partial charge in [-0.1, -0.05) is 6.07 Å². The number of amides is 1. The molecule has 3 rings (SSSR count). The molecular formula is C16H15N3O5. The number of aromatic amines is 1. The maximum Gasteiger partial charge on any atom is 0.335 e. The average molecular weight is 329 g/mol. The summed E-state index contributed by atoms with van der Waals surface area (Å²) in [5, 5.41) is 9.06. The predicted octanol–water partition coefficient (Wildman–Crippen LogP) is -0.180. The summed E-state index contributed by atoms with van der Waals surface area (Å²) in [6.07, 6.45) is 1.90. The Morgan fingerprint density at radius 1 is 1.17 bits per heavy atom. The topological polar surface area (TPSA) is 112 Å². The van der Waals surface area contributed by atoms with E-state index in [0.29, 0.717) is 19.5 Å². The predicted molar refractivity (Wildman–Crippen MR) is 83.8 cm³/mol. The molecule has 0 saturated heterocycles. The van der Waals surface area contributed by atoms with Crippen molar-refractivity contribution in [2.45, 2.75) is 19.5 Å². The summed E-state index contributed by atoms with van der Waals surface area (Å²) in [5.41, 5.74) is 0.840. The average Bonchev–Trinajstić information content (AvgIpc) is 2.56. The van der Waals surface area contributed by atoms with Crippen molar-refractivity contribution in [3.8, 4) is 0 Å². The van der Waals surface area contributed by atoms with E-state index in [-0.39, 0.29) is 18.0 Å². The van der Waals surface area contributed by atoms with Crippen LogP contribution in [0.5, 0.6) is 0 Å². The van der Waals surface area contributed by atoms with Gasteiger partial charge < -0.3 is 10.0 Å². The van der Waals surface area contributed by atoms with Gasteiger partial charge in [-0.25, -0.2) is 9.59 Å². The molecule has 124 valence electrons. The number of hydrogen-bond donors (Lipinski definition) is 2. The Balaban J connectivity index is 1.78. The Labute approximate surface area is 136 Å². The number of rotatable bonds is 3. The van der Waals surface area contributed by atoms with Gasteiger partial charge in [-0.15, -0.1) is 0 Å². The lowest BCUT2D eigenvalue weighted by Crippen LogP contribution is -2.40. The van der Waals surface area contributed by atoms with Crippen LogP contribution in [0.2, 0.25) is 0 Å². The second-order valence-electron chi connectivity index (χ2n) is 5.59. The quantitative estimate of drug-likeness (QED) is 0.811. The van der Waals surface area contributed by atoms with Crippen LogP contribution in [-0.2, 0) is 24.3 Å². The number of aromatic carboxylic acids is 1. The van der Waals surface area contributed by atoms with Gasteiger partial charge in [-0.3, -0.25) is 19.1 Å². The van der Waals surface area contributed by atoms with Gasteiger partial charge in [-0.2, -0.15) is 0 Å². The highest BCUT2D eigenvalue weighted by Crippen LogP contribution is 2.20. The molecule has 0 unspecified atom stereocenters. The number of fused-ring (bicyclic) bond motifs is 1. The molecule has 0 aliphatic carbocycles. The van der Waals surface area contributed by atoms with Crippen LogP contribution in [0, 0.1) is 0 Å². The molecule has 0 fully saturated rings. The Kier molecular flexibility index (Phi) is 4.03. The number of carboxylic acids is 1. The van der Waals surface area contributed by atoms with E-state index in [1.54, 1.807) is 23.1 Å². The van der Waals surface area contributed by atoms with Gasteiger partial charge in [0, 0.05) is 25.4 Å². The number of nitrogens with one attached hydrogen (secondary N) is 1. The minimum Gasteiger partial charge on any atom is -0.478 e. The molecule has 0 atom stereocenters. The first-order valence-corrected chi connectivity index (χ1v) is 7.36. The van der Waals surface area contributed by atoms with Gasteiger partial charge in [0.05, 0.1) is 5.56 Å². The van der Waals surface area contributed by atoms with Crippen molar-refractivity contribution in [1.29, 1.82) is 0 Å². The van der Waals surface area contributed by atoms with Gasteiger partial charge in [0.25, 0.3) is 5.56 Å². The summed E-state index contributed by atoms with van der Waals surface area (Å²) in [4.78, 5) is 49.8. The zero-order valence-electron chi connectivity index (χ0n) is 12.7. The second-order valence-corrected chi connectivity index (χ2v) is 5.59. The first kappa shape index (κ1) is 15.7. The third kappa shape index (κ3) is 3.12. The van der Waals surface area contributed by atoms with Crippen molar-refractivity contribution in [3.63, 3.8) is 0 Å². The number of H-pyrrole nitrogens is 1. The second kappa shape index (κ2) is 6.15. The summed E-state index contributed by atoms with van der Waals surface area (Å²) in [6.45, 7) is 0.618. The molecule has 0 saturated carbocycles. The van der Waals surface area contributed by atoms with Crippen LogP contribution in [0.25, 0.3) is 0 Å². The van der Waals surface area contributed by atoms with Crippen molar-refractivity contribution >= 4 is 11.9 Å². The van der Waals surface area contributed by atoms with Crippen molar-refractivity contribution in [1.82, 2.24) is 14.5 Å². The van der Waals surface area contributed by atoms with Crippen LogP contribution in [-0.4, -0.2) is 38.0 Å². The molecule has 1 aliphatic rings. The molecule has 1 amide bonds. The molecule has 2 aromatic rings. The smallest absolute Gasteiger partial charge is 0.335 e. The van der Waals surface area contributed by atoms with Gasteiger partial charge in [0.2, 0.25) is 5.91 Å². The molecular weight excluding hydrogens is 314 g/mol. The zero-order valence-corrected chi connectivity index (χ0v) is 12.7. The highest BCUT2D eigenvalue weighted by atomic mass is 16.4. The van der Waals surface area contributed by atoms with Crippen molar-refractivity contribution < 1.29 is 14.7 Å². The van der Waals surface area contributed by atoms with Crippen LogP contribution >= 0.6 is 0 Å². The Hall–Kier alpha value is -3.16. The first-order chi connectivity index (χ1) is 11.4. The van der Waals surface area contributed by atoms with Crippen molar-refractivity contribution in [3.05, 3.63) is 68.0 Å². The number of carbonyl (C=O) groups is 2. The minimum atomic E-state index is -1.01. The van der Waals surface area contributed by atoms with Crippen LogP contribution in [0.15, 0.2) is 40.1 Å².